The molecule has 6 nitrogen and oxygen atoms in total. The highest BCUT2D eigenvalue weighted by molar-refractivity contribution is 5.92. The zero-order valence-electron chi connectivity index (χ0n) is 13.6. The second-order valence-electron chi connectivity index (χ2n) is 6.25. The first-order valence-corrected chi connectivity index (χ1v) is 8.13. The number of hydrogen-bond acceptors (Lipinski definition) is 4. The molecule has 23 heavy (non-hydrogen) atoms. The molecule has 0 spiro atoms. The Bertz CT molecular complexity index is 645. The zero-order valence-corrected chi connectivity index (χ0v) is 13.6. The van der Waals surface area contributed by atoms with Crippen molar-refractivity contribution >= 4 is 5.91 Å². The normalized spacial score (nSPS) is 16.7. The van der Waals surface area contributed by atoms with Crippen LogP contribution in [-0.4, -0.2) is 50.5 Å². The van der Waals surface area contributed by atoms with Crippen LogP contribution in [0.1, 0.15) is 37.2 Å². The molecule has 1 N–H and O–H groups in total. The van der Waals surface area contributed by atoms with Crippen LogP contribution in [0.2, 0.25) is 0 Å². The number of aromatic nitrogens is 3. The molecule has 0 radical (unpaired) electrons. The number of carbonyl (C=O) groups excluding carboxylic acids is 1. The van der Waals surface area contributed by atoms with E-state index in [9.17, 15) is 4.79 Å². The molecule has 3 rings (SSSR count). The summed E-state index contributed by atoms with van der Waals surface area (Å²) in [6.45, 7) is 6.49. The van der Waals surface area contributed by atoms with Crippen molar-refractivity contribution in [2.45, 2.75) is 38.8 Å². The van der Waals surface area contributed by atoms with Crippen LogP contribution in [0.5, 0.6) is 0 Å². The van der Waals surface area contributed by atoms with Gasteiger partial charge >= 0.3 is 0 Å². The minimum absolute atomic E-state index is 0.102. The largest absolute Gasteiger partial charge is 0.348 e. The number of likely N-dealkylation sites (tertiary alicyclic amines) is 1. The summed E-state index contributed by atoms with van der Waals surface area (Å²) in [5.74, 6) is -0.102. The Labute approximate surface area is 136 Å². The minimum atomic E-state index is -0.102. The van der Waals surface area contributed by atoms with Gasteiger partial charge in [-0.05, 0) is 38.8 Å². The van der Waals surface area contributed by atoms with Gasteiger partial charge in [-0.25, -0.2) is 4.98 Å². The topological polar surface area (TPSA) is 63.1 Å². The van der Waals surface area contributed by atoms with E-state index in [2.05, 4.69) is 34.0 Å². The smallest absolute Gasteiger partial charge is 0.270 e. The Morgan fingerprint density at radius 2 is 2.09 bits per heavy atom. The molecule has 3 heterocycles. The maximum Gasteiger partial charge on any atom is 0.270 e. The lowest BCUT2D eigenvalue weighted by molar-refractivity contribution is 0.0895. The summed E-state index contributed by atoms with van der Waals surface area (Å²) < 4.78 is 1.86. The van der Waals surface area contributed by atoms with Crippen molar-refractivity contribution in [1.82, 2.24) is 24.8 Å². The van der Waals surface area contributed by atoms with E-state index in [1.165, 1.54) is 0 Å². The molecule has 0 atom stereocenters. The molecule has 1 aliphatic heterocycles. The third-order valence-corrected chi connectivity index (χ3v) is 4.37. The summed E-state index contributed by atoms with van der Waals surface area (Å²) in [6.07, 6.45) is 8.90. The monoisotopic (exact) mass is 313 g/mol. The van der Waals surface area contributed by atoms with Crippen molar-refractivity contribution in [3.05, 3.63) is 42.7 Å². The van der Waals surface area contributed by atoms with E-state index >= 15 is 0 Å². The van der Waals surface area contributed by atoms with Crippen molar-refractivity contribution in [3.63, 3.8) is 0 Å². The van der Waals surface area contributed by atoms with Gasteiger partial charge in [0.25, 0.3) is 5.91 Å². The quantitative estimate of drug-likeness (QED) is 0.936. The fourth-order valence-corrected chi connectivity index (χ4v) is 2.94. The van der Waals surface area contributed by atoms with E-state index in [1.807, 2.05) is 16.8 Å². The van der Waals surface area contributed by atoms with E-state index in [4.69, 9.17) is 0 Å². The summed E-state index contributed by atoms with van der Waals surface area (Å²) in [7, 11) is 0. The highest BCUT2D eigenvalue weighted by Crippen LogP contribution is 2.14. The molecule has 0 aromatic carbocycles. The van der Waals surface area contributed by atoms with Gasteiger partial charge in [-0.15, -0.1) is 0 Å². The molecule has 1 saturated heterocycles. The number of nitrogens with one attached hydrogen (secondary N) is 1. The van der Waals surface area contributed by atoms with Gasteiger partial charge in [-0.1, -0.05) is 0 Å². The van der Waals surface area contributed by atoms with Crippen LogP contribution in [0.4, 0.5) is 0 Å². The lowest BCUT2D eigenvalue weighted by Crippen LogP contribution is -2.46. The lowest BCUT2D eigenvalue weighted by atomic mass is 10.0. The molecule has 6 heteroatoms. The number of amides is 1. The van der Waals surface area contributed by atoms with Crippen molar-refractivity contribution in [2.75, 3.05) is 13.1 Å². The molecular formula is C17H23N5O. The van der Waals surface area contributed by atoms with E-state index in [1.54, 1.807) is 24.8 Å². The molecule has 2 aromatic heterocycles. The van der Waals surface area contributed by atoms with E-state index in [0.29, 0.717) is 11.7 Å². The van der Waals surface area contributed by atoms with Gasteiger partial charge in [-0.3, -0.25) is 9.78 Å². The Morgan fingerprint density at radius 3 is 2.74 bits per heavy atom. The Kier molecular flexibility index (Phi) is 4.71. The maximum atomic E-state index is 12.4. The molecule has 2 aromatic rings. The van der Waals surface area contributed by atoms with Gasteiger partial charge in [0.2, 0.25) is 0 Å². The lowest BCUT2D eigenvalue weighted by Gasteiger charge is -2.34. The summed E-state index contributed by atoms with van der Waals surface area (Å²) >= 11 is 0. The molecule has 0 aliphatic carbocycles. The highest BCUT2D eigenvalue weighted by Gasteiger charge is 2.22. The molecule has 1 aliphatic rings. The number of hydrogen-bond donors (Lipinski definition) is 1. The first-order valence-electron chi connectivity index (χ1n) is 8.13. The molecule has 1 fully saturated rings. The van der Waals surface area contributed by atoms with E-state index < -0.39 is 0 Å². The second kappa shape index (κ2) is 6.91. The number of rotatable bonds is 4. The Morgan fingerprint density at radius 1 is 1.30 bits per heavy atom. The number of imidazole rings is 1. The Hall–Kier alpha value is -2.21. The van der Waals surface area contributed by atoms with Crippen LogP contribution in [0.3, 0.4) is 0 Å². The maximum absolute atomic E-state index is 12.4. The van der Waals surface area contributed by atoms with Gasteiger partial charge in [0.1, 0.15) is 5.69 Å². The third-order valence-electron chi connectivity index (χ3n) is 4.37. The van der Waals surface area contributed by atoms with Crippen LogP contribution in [0.25, 0.3) is 5.69 Å². The SMILES string of the molecule is CC(C)N1CCC(NC(=O)c2cc(-n3ccnc3)ccn2)CC1. The van der Waals surface area contributed by atoms with Crippen LogP contribution in [-0.2, 0) is 0 Å². The predicted molar refractivity (Wildman–Crippen MR) is 88.6 cm³/mol. The van der Waals surface area contributed by atoms with Gasteiger partial charge in [-0.2, -0.15) is 0 Å². The van der Waals surface area contributed by atoms with Crippen LogP contribution < -0.4 is 5.32 Å². The number of carbonyl (C=O) groups is 1. The van der Waals surface area contributed by atoms with Gasteiger partial charge in [0, 0.05) is 43.8 Å². The molecule has 0 bridgehead atoms. The second-order valence-corrected chi connectivity index (χ2v) is 6.25. The number of piperidine rings is 1. The standard InChI is InChI=1S/C17H23N5O/c1-13(2)21-8-4-14(5-9-21)20-17(23)16-11-15(3-6-19-16)22-10-7-18-12-22/h3,6-7,10-14H,4-5,8-9H2,1-2H3,(H,20,23). The van der Waals surface area contributed by atoms with Crippen LogP contribution in [0.15, 0.2) is 37.1 Å². The van der Waals surface area contributed by atoms with Crippen molar-refractivity contribution in [2.24, 2.45) is 0 Å². The first kappa shape index (κ1) is 15.7. The van der Waals surface area contributed by atoms with Gasteiger partial charge < -0.3 is 14.8 Å². The van der Waals surface area contributed by atoms with Crippen LogP contribution >= 0.6 is 0 Å². The Balaban J connectivity index is 1.62. The minimum Gasteiger partial charge on any atom is -0.348 e. The summed E-state index contributed by atoms with van der Waals surface area (Å²) in [5.41, 5.74) is 1.33. The molecular weight excluding hydrogens is 290 g/mol. The van der Waals surface area contributed by atoms with E-state index in [-0.39, 0.29) is 11.9 Å². The van der Waals surface area contributed by atoms with Crippen molar-refractivity contribution < 1.29 is 4.79 Å². The molecule has 1 amide bonds. The highest BCUT2D eigenvalue weighted by atomic mass is 16.1. The van der Waals surface area contributed by atoms with Crippen molar-refractivity contribution in [1.29, 1.82) is 0 Å². The fourth-order valence-electron chi connectivity index (χ4n) is 2.94. The first-order chi connectivity index (χ1) is 11.1. The van der Waals surface area contributed by atoms with E-state index in [0.717, 1.165) is 31.6 Å². The number of nitrogens with zero attached hydrogens (tertiary/aromatic N) is 4. The van der Waals surface area contributed by atoms with Gasteiger partial charge in [0.15, 0.2) is 0 Å². The summed E-state index contributed by atoms with van der Waals surface area (Å²) in [6, 6.07) is 4.45. The predicted octanol–water partition coefficient (Wildman–Crippen LogP) is 1.87. The zero-order chi connectivity index (χ0) is 16.2. The third kappa shape index (κ3) is 3.76. The average Bonchev–Trinajstić information content (AvgIpc) is 3.10. The molecule has 0 saturated carbocycles. The van der Waals surface area contributed by atoms with Crippen LogP contribution in [0, 0.1) is 0 Å². The molecule has 122 valence electrons. The van der Waals surface area contributed by atoms with Gasteiger partial charge in [0.05, 0.1) is 12.0 Å². The summed E-state index contributed by atoms with van der Waals surface area (Å²) in [4.78, 5) is 23.1. The van der Waals surface area contributed by atoms with Crippen molar-refractivity contribution in [3.8, 4) is 5.69 Å². The average molecular weight is 313 g/mol. The molecule has 0 unspecified atom stereocenters. The summed E-state index contributed by atoms with van der Waals surface area (Å²) in [5, 5.41) is 3.11. The number of pyridine rings is 1. The fraction of sp³-hybridized carbons (Fsp3) is 0.471.